The molecule has 2 unspecified atom stereocenters. The van der Waals surface area contributed by atoms with Crippen molar-refractivity contribution in [2.45, 2.75) is 22.3 Å². The third kappa shape index (κ3) is 6.17. The first-order valence-corrected chi connectivity index (χ1v) is 16.0. The number of nitrogens with two attached hydrogens (primary N) is 1. The van der Waals surface area contributed by atoms with Crippen molar-refractivity contribution in [1.29, 1.82) is 0 Å². The van der Waals surface area contributed by atoms with Gasteiger partial charge < -0.3 is 25.9 Å². The van der Waals surface area contributed by atoms with Gasteiger partial charge in [-0.2, -0.15) is 9.36 Å². The number of fused-ring (bicyclic) bond motifs is 1. The fraction of sp³-hybridized carbons (Fsp3) is 0.529. The van der Waals surface area contributed by atoms with Gasteiger partial charge in [-0.15, -0.1) is 22.0 Å². The summed E-state index contributed by atoms with van der Waals surface area (Å²) in [5.41, 5.74) is 4.07. The van der Waals surface area contributed by atoms with Gasteiger partial charge in [0, 0.05) is 29.6 Å². The number of rotatable bonds is 11. The van der Waals surface area contributed by atoms with E-state index in [0.29, 0.717) is 9.35 Å². The number of sulfonamides is 1. The molecule has 0 saturated carbocycles. The molecule has 4 heterocycles. The van der Waals surface area contributed by atoms with E-state index in [0.717, 1.165) is 29.1 Å². The van der Waals surface area contributed by atoms with E-state index in [2.05, 4.69) is 34.7 Å². The van der Waals surface area contributed by atoms with E-state index in [4.69, 9.17) is 10.6 Å². The zero-order chi connectivity index (χ0) is 27.7. The number of oxime groups is 1. The van der Waals surface area contributed by atoms with Gasteiger partial charge in [0.25, 0.3) is 5.91 Å². The third-order valence-corrected chi connectivity index (χ3v) is 10.5. The summed E-state index contributed by atoms with van der Waals surface area (Å²) >= 11 is 4.44. The van der Waals surface area contributed by atoms with Crippen LogP contribution in [0.25, 0.3) is 0 Å². The minimum atomic E-state index is -3.39. The van der Waals surface area contributed by atoms with Gasteiger partial charge in [0.1, 0.15) is 28.9 Å². The van der Waals surface area contributed by atoms with Crippen LogP contribution in [0.15, 0.2) is 9.50 Å². The average molecular weight is 624 g/mol. The van der Waals surface area contributed by atoms with Crippen LogP contribution in [0.2, 0.25) is 0 Å². The highest BCUT2D eigenvalue weighted by atomic mass is 32.2. The Hall–Kier alpha value is -2.59. The Morgan fingerprint density at radius 3 is 2.79 bits per heavy atom. The number of anilines is 1. The Bertz CT molecular complexity index is 1380. The Balaban J connectivity index is 1.38. The molecule has 0 bridgehead atoms. The molecule has 2 aliphatic rings. The number of carbonyl (C=O) groups is 3. The number of amides is 2. The second kappa shape index (κ2) is 11.3. The summed E-state index contributed by atoms with van der Waals surface area (Å²) in [6, 6.07) is -0.891. The molecule has 2 aromatic rings. The second-order valence-electron chi connectivity index (χ2n) is 8.13. The molecule has 206 valence electrons. The topological polar surface area (TPSA) is 232 Å². The van der Waals surface area contributed by atoms with Crippen molar-refractivity contribution in [2.24, 2.45) is 10.6 Å². The van der Waals surface area contributed by atoms with Gasteiger partial charge >= 0.3 is 5.97 Å². The first-order chi connectivity index (χ1) is 17.9. The Morgan fingerprint density at radius 1 is 1.39 bits per heavy atom. The molecular formula is C17H21N9O7S5. The molecule has 21 heteroatoms. The minimum absolute atomic E-state index is 0.0171. The fourth-order valence-corrected chi connectivity index (χ4v) is 8.10. The lowest BCUT2D eigenvalue weighted by Crippen LogP contribution is -2.74. The van der Waals surface area contributed by atoms with Crippen molar-refractivity contribution in [3.05, 3.63) is 10.8 Å². The molecular weight excluding hydrogens is 603 g/mol. The van der Waals surface area contributed by atoms with Crippen LogP contribution in [0.4, 0.5) is 5.13 Å². The molecule has 0 spiro atoms. The monoisotopic (exact) mass is 623 g/mol. The number of aromatic nitrogens is 4. The van der Waals surface area contributed by atoms with Crippen molar-refractivity contribution in [3.8, 4) is 0 Å². The number of carboxylic acid groups (broad SMARTS) is 1. The van der Waals surface area contributed by atoms with E-state index in [1.165, 1.54) is 35.5 Å². The lowest BCUT2D eigenvalue weighted by molar-refractivity contribution is -0.157. The SMILES string of the molecule is CON=C(C(=O)NC1C(=O)N2CC(CSc3nnc(CNS(C)(=O)=O)s3)(C(=O)O)CS[C@H]12)c1nsc(N)n1. The Kier molecular flexibility index (Phi) is 8.42. The van der Waals surface area contributed by atoms with Crippen molar-refractivity contribution < 1.29 is 32.7 Å². The summed E-state index contributed by atoms with van der Waals surface area (Å²) in [5, 5.41) is 24.3. The molecule has 38 heavy (non-hydrogen) atoms. The van der Waals surface area contributed by atoms with Crippen molar-refractivity contribution in [2.75, 3.05) is 37.1 Å². The number of thioether (sulfide) groups is 2. The number of nitrogens with one attached hydrogen (secondary N) is 2. The molecule has 5 N–H and O–H groups in total. The summed E-state index contributed by atoms with van der Waals surface area (Å²) < 4.78 is 29.3. The van der Waals surface area contributed by atoms with Crippen LogP contribution in [-0.4, -0.2) is 104 Å². The number of carbonyl (C=O) groups excluding carboxylic acids is 2. The molecule has 2 saturated heterocycles. The zero-order valence-corrected chi connectivity index (χ0v) is 23.8. The largest absolute Gasteiger partial charge is 0.481 e. The molecule has 0 aliphatic carbocycles. The second-order valence-corrected chi connectivity index (χ2v) is 14.1. The van der Waals surface area contributed by atoms with E-state index in [1.54, 1.807) is 0 Å². The number of β-lactam (4-membered cyclic amide) rings is 1. The predicted molar refractivity (Wildman–Crippen MR) is 140 cm³/mol. The number of nitrogen functional groups attached to an aromatic ring is 1. The van der Waals surface area contributed by atoms with E-state index >= 15 is 0 Å². The normalized spacial score (nSPS) is 23.5. The van der Waals surface area contributed by atoms with Gasteiger partial charge in [-0.1, -0.05) is 28.3 Å². The van der Waals surface area contributed by atoms with Gasteiger partial charge in [0.15, 0.2) is 9.47 Å². The molecule has 0 aromatic carbocycles. The number of hydrogen-bond donors (Lipinski definition) is 4. The lowest BCUT2D eigenvalue weighted by Gasteiger charge is -2.53. The van der Waals surface area contributed by atoms with Gasteiger partial charge in [-0.05, 0) is 0 Å². The fourth-order valence-electron chi connectivity index (χ4n) is 3.48. The van der Waals surface area contributed by atoms with Crippen LogP contribution in [0.3, 0.4) is 0 Å². The molecule has 16 nitrogen and oxygen atoms in total. The highest BCUT2D eigenvalue weighted by Gasteiger charge is 2.57. The van der Waals surface area contributed by atoms with Gasteiger partial charge in [-0.3, -0.25) is 14.4 Å². The molecule has 0 radical (unpaired) electrons. The number of hydrogen-bond acceptors (Lipinski definition) is 16. The number of nitrogens with zero attached hydrogens (tertiary/aromatic N) is 6. The lowest BCUT2D eigenvalue weighted by atomic mass is 9.89. The highest BCUT2D eigenvalue weighted by Crippen LogP contribution is 2.44. The summed E-state index contributed by atoms with van der Waals surface area (Å²) in [7, 11) is -2.15. The van der Waals surface area contributed by atoms with Crippen molar-refractivity contribution in [3.63, 3.8) is 0 Å². The number of carboxylic acids is 1. The molecule has 2 aromatic heterocycles. The van der Waals surface area contributed by atoms with Crippen LogP contribution in [0.5, 0.6) is 0 Å². The zero-order valence-electron chi connectivity index (χ0n) is 19.7. The standard InChI is InChI=1S/C17H21N9O7S5/c1-33-24-8(10-21-15(18)37-25-10)11(27)20-9-12(28)26-4-17(14(29)30,5-34-13(9)26)6-35-16-23-22-7(36-16)3-19-38(2,31)32/h9,13,19H,3-6H2,1-2H3,(H,20,27)(H,29,30)(H2,18,21,25)/t9?,13-,17?/m1/s1. The van der Waals surface area contributed by atoms with Crippen molar-refractivity contribution in [1.82, 2.24) is 34.5 Å². The molecule has 4 rings (SSSR count). The van der Waals surface area contributed by atoms with E-state index in [9.17, 15) is 27.9 Å². The van der Waals surface area contributed by atoms with Crippen LogP contribution >= 0.6 is 46.4 Å². The summed E-state index contributed by atoms with van der Waals surface area (Å²) in [6.07, 6.45) is 1.03. The van der Waals surface area contributed by atoms with E-state index < -0.39 is 44.6 Å². The highest BCUT2D eigenvalue weighted by molar-refractivity contribution is 8.01. The van der Waals surface area contributed by atoms with Gasteiger partial charge in [0.05, 0.1) is 12.8 Å². The molecule has 2 aliphatic heterocycles. The minimum Gasteiger partial charge on any atom is -0.481 e. The van der Waals surface area contributed by atoms with Crippen molar-refractivity contribution >= 4 is 85.0 Å². The van der Waals surface area contributed by atoms with Crippen LogP contribution in [0, 0.1) is 5.41 Å². The Morgan fingerprint density at radius 2 is 2.16 bits per heavy atom. The Labute approximate surface area is 232 Å². The number of aliphatic carboxylic acids is 1. The molecule has 2 amide bonds. The maximum atomic E-state index is 12.9. The summed E-state index contributed by atoms with van der Waals surface area (Å²) in [6.45, 7) is -0.0700. The predicted octanol–water partition coefficient (Wildman–Crippen LogP) is -1.37. The van der Waals surface area contributed by atoms with E-state index in [-0.39, 0.29) is 41.3 Å². The maximum absolute atomic E-state index is 12.9. The van der Waals surface area contributed by atoms with Gasteiger partial charge in [0.2, 0.25) is 27.5 Å². The smallest absolute Gasteiger partial charge is 0.313 e. The van der Waals surface area contributed by atoms with Crippen LogP contribution in [0.1, 0.15) is 10.8 Å². The molecule has 2 fully saturated rings. The third-order valence-electron chi connectivity index (χ3n) is 5.34. The first kappa shape index (κ1) is 28.4. The van der Waals surface area contributed by atoms with Crippen LogP contribution < -0.4 is 15.8 Å². The summed E-state index contributed by atoms with van der Waals surface area (Å²) in [4.78, 5) is 48.0. The molecule has 3 atom stereocenters. The first-order valence-electron chi connectivity index (χ1n) is 10.5. The van der Waals surface area contributed by atoms with E-state index in [1.807, 2.05) is 0 Å². The quantitative estimate of drug-likeness (QED) is 0.0980. The summed E-state index contributed by atoms with van der Waals surface area (Å²) in [5.74, 6) is -1.98. The van der Waals surface area contributed by atoms with Crippen LogP contribution in [-0.2, 0) is 35.8 Å². The van der Waals surface area contributed by atoms with Gasteiger partial charge in [-0.25, -0.2) is 13.1 Å². The average Bonchev–Trinajstić information content (AvgIpc) is 3.51. The maximum Gasteiger partial charge on any atom is 0.313 e.